The van der Waals surface area contributed by atoms with Gasteiger partial charge in [-0.15, -0.1) is 0 Å². The molecule has 4 nitrogen and oxygen atoms in total. The lowest BCUT2D eigenvalue weighted by Gasteiger charge is -2.39. The van der Waals surface area contributed by atoms with E-state index in [2.05, 4.69) is 38.1 Å². The molecule has 1 N–H and O–H groups in total. The summed E-state index contributed by atoms with van der Waals surface area (Å²) in [5.74, 6) is 1.60. The van der Waals surface area contributed by atoms with Crippen LogP contribution >= 0.6 is 0 Å². The van der Waals surface area contributed by atoms with Gasteiger partial charge in [-0.05, 0) is 61.1 Å². The highest BCUT2D eigenvalue weighted by atomic mass is 16.6. The molecule has 0 amide bonds. The molecule has 1 saturated heterocycles. The second-order valence-electron chi connectivity index (χ2n) is 7.93. The highest BCUT2D eigenvalue weighted by molar-refractivity contribution is 5.32. The van der Waals surface area contributed by atoms with Crippen LogP contribution in [0.15, 0.2) is 24.3 Å². The van der Waals surface area contributed by atoms with Gasteiger partial charge in [0.25, 0.3) is 0 Å². The number of epoxide rings is 1. The molecule has 2 aliphatic rings. The summed E-state index contributed by atoms with van der Waals surface area (Å²) in [6.07, 6.45) is 6.07. The standard InChI is InChI=1S/C21H32O4/c1-21(2,16-4-8-18(9-5-16)23-13-3-12-22)17-6-10-19(11-7-17)24-14-20-15-25-20/h6-7,10-11,16,18,20,22H,3-5,8-9,12-15H2,1-2H3/t16?,18?,20-/m0/s1. The van der Waals surface area contributed by atoms with Gasteiger partial charge in [-0.1, -0.05) is 26.0 Å². The van der Waals surface area contributed by atoms with Gasteiger partial charge >= 0.3 is 0 Å². The average Bonchev–Trinajstić information content (AvgIpc) is 3.45. The molecule has 2 fully saturated rings. The summed E-state index contributed by atoms with van der Waals surface area (Å²) in [6.45, 7) is 7.11. The number of benzene rings is 1. The van der Waals surface area contributed by atoms with E-state index >= 15 is 0 Å². The molecule has 25 heavy (non-hydrogen) atoms. The van der Waals surface area contributed by atoms with Crippen molar-refractivity contribution < 1.29 is 19.3 Å². The molecule has 0 aromatic heterocycles. The molecule has 1 aromatic carbocycles. The molecule has 3 rings (SSSR count). The normalized spacial score (nSPS) is 26.4. The minimum absolute atomic E-state index is 0.161. The lowest BCUT2D eigenvalue weighted by molar-refractivity contribution is 0.00446. The Hall–Kier alpha value is -1.10. The highest BCUT2D eigenvalue weighted by Gasteiger charge is 2.34. The van der Waals surface area contributed by atoms with Crippen molar-refractivity contribution in [1.82, 2.24) is 0 Å². The van der Waals surface area contributed by atoms with Gasteiger partial charge in [0, 0.05) is 13.2 Å². The van der Waals surface area contributed by atoms with Crippen LogP contribution in [0.4, 0.5) is 0 Å². The molecule has 1 aromatic rings. The van der Waals surface area contributed by atoms with Gasteiger partial charge < -0.3 is 19.3 Å². The largest absolute Gasteiger partial charge is 0.491 e. The Morgan fingerprint density at radius 3 is 2.40 bits per heavy atom. The first-order valence-electron chi connectivity index (χ1n) is 9.67. The van der Waals surface area contributed by atoms with E-state index in [9.17, 15) is 0 Å². The zero-order valence-corrected chi connectivity index (χ0v) is 15.6. The summed E-state index contributed by atoms with van der Waals surface area (Å²) >= 11 is 0. The Bertz CT molecular complexity index is 513. The quantitative estimate of drug-likeness (QED) is 0.546. The lowest BCUT2D eigenvalue weighted by Crippen LogP contribution is -2.34. The summed E-state index contributed by atoms with van der Waals surface area (Å²) in [7, 11) is 0. The molecule has 1 heterocycles. The monoisotopic (exact) mass is 348 g/mol. The smallest absolute Gasteiger partial charge is 0.119 e. The molecule has 1 saturated carbocycles. The van der Waals surface area contributed by atoms with E-state index in [0.29, 0.717) is 31.3 Å². The number of ether oxygens (including phenoxy) is 3. The minimum Gasteiger partial charge on any atom is -0.491 e. The molecule has 1 atom stereocenters. The maximum Gasteiger partial charge on any atom is 0.119 e. The second-order valence-corrected chi connectivity index (χ2v) is 7.93. The molecule has 0 unspecified atom stereocenters. The molecule has 4 heteroatoms. The van der Waals surface area contributed by atoms with Crippen molar-refractivity contribution >= 4 is 0 Å². The van der Waals surface area contributed by atoms with E-state index < -0.39 is 0 Å². The van der Waals surface area contributed by atoms with Crippen molar-refractivity contribution in [2.45, 2.75) is 63.6 Å². The maximum absolute atomic E-state index is 8.86. The summed E-state index contributed by atoms with van der Waals surface area (Å²) < 4.78 is 16.8. The summed E-state index contributed by atoms with van der Waals surface area (Å²) in [5, 5.41) is 8.86. The van der Waals surface area contributed by atoms with Gasteiger partial charge in [0.15, 0.2) is 0 Å². The Labute approximate surface area is 151 Å². The second kappa shape index (κ2) is 8.52. The van der Waals surface area contributed by atoms with Gasteiger partial charge in [-0.2, -0.15) is 0 Å². The molecule has 0 bridgehead atoms. The van der Waals surface area contributed by atoms with Crippen molar-refractivity contribution in [2.24, 2.45) is 5.92 Å². The third kappa shape index (κ3) is 5.19. The molecular formula is C21H32O4. The van der Waals surface area contributed by atoms with Crippen LogP contribution in [0.3, 0.4) is 0 Å². The first-order chi connectivity index (χ1) is 12.1. The predicted octanol–water partition coefficient (Wildman–Crippen LogP) is 3.70. The van der Waals surface area contributed by atoms with Crippen molar-refractivity contribution in [3.8, 4) is 5.75 Å². The van der Waals surface area contributed by atoms with Crippen molar-refractivity contribution in [1.29, 1.82) is 0 Å². The fraction of sp³-hybridized carbons (Fsp3) is 0.714. The molecule has 1 aliphatic carbocycles. The Morgan fingerprint density at radius 1 is 1.12 bits per heavy atom. The van der Waals surface area contributed by atoms with Crippen LogP contribution in [-0.4, -0.2) is 43.7 Å². The summed E-state index contributed by atoms with van der Waals surface area (Å²) in [6, 6.07) is 8.60. The molecule has 140 valence electrons. The van der Waals surface area contributed by atoms with E-state index in [1.807, 2.05) is 0 Å². The van der Waals surface area contributed by atoms with Crippen LogP contribution < -0.4 is 4.74 Å². The van der Waals surface area contributed by atoms with Crippen LogP contribution in [0, 0.1) is 5.92 Å². The zero-order chi connectivity index (χ0) is 17.7. The Kier molecular flexibility index (Phi) is 6.37. The van der Waals surface area contributed by atoms with E-state index in [1.165, 1.54) is 18.4 Å². The first kappa shape index (κ1) is 18.7. The Morgan fingerprint density at radius 2 is 1.80 bits per heavy atom. The van der Waals surface area contributed by atoms with Crippen LogP contribution in [0.2, 0.25) is 0 Å². The third-order valence-corrected chi connectivity index (χ3v) is 5.79. The zero-order valence-electron chi connectivity index (χ0n) is 15.6. The first-order valence-corrected chi connectivity index (χ1v) is 9.67. The maximum atomic E-state index is 8.86. The topological polar surface area (TPSA) is 51.2 Å². The van der Waals surface area contributed by atoms with Crippen LogP contribution in [0.1, 0.15) is 51.5 Å². The van der Waals surface area contributed by atoms with Crippen molar-refractivity contribution in [3.05, 3.63) is 29.8 Å². The number of aliphatic hydroxyl groups excluding tert-OH is 1. The fourth-order valence-electron chi connectivity index (χ4n) is 3.84. The fourth-order valence-corrected chi connectivity index (χ4v) is 3.84. The van der Waals surface area contributed by atoms with Gasteiger partial charge in [-0.25, -0.2) is 0 Å². The van der Waals surface area contributed by atoms with E-state index in [-0.39, 0.29) is 12.0 Å². The number of hydrogen-bond donors (Lipinski definition) is 1. The lowest BCUT2D eigenvalue weighted by atomic mass is 9.67. The molecular weight excluding hydrogens is 316 g/mol. The van der Waals surface area contributed by atoms with Gasteiger partial charge in [-0.3, -0.25) is 0 Å². The SMILES string of the molecule is CC(C)(c1ccc(OC[C@H]2CO2)cc1)C1CCC(OCCCO)CC1. The highest BCUT2D eigenvalue weighted by Crippen LogP contribution is 2.41. The third-order valence-electron chi connectivity index (χ3n) is 5.79. The Balaban J connectivity index is 1.50. The van der Waals surface area contributed by atoms with Crippen molar-refractivity contribution in [2.75, 3.05) is 26.4 Å². The predicted molar refractivity (Wildman–Crippen MR) is 98.1 cm³/mol. The average molecular weight is 348 g/mol. The molecule has 0 radical (unpaired) electrons. The molecule has 0 spiro atoms. The van der Waals surface area contributed by atoms with Crippen LogP contribution in [-0.2, 0) is 14.9 Å². The minimum atomic E-state index is 0.161. The van der Waals surface area contributed by atoms with Crippen molar-refractivity contribution in [3.63, 3.8) is 0 Å². The van der Waals surface area contributed by atoms with E-state index in [0.717, 1.165) is 31.6 Å². The van der Waals surface area contributed by atoms with Gasteiger partial charge in [0.1, 0.15) is 18.5 Å². The van der Waals surface area contributed by atoms with Gasteiger partial charge in [0.05, 0.1) is 12.7 Å². The number of aliphatic hydroxyl groups is 1. The van der Waals surface area contributed by atoms with Crippen LogP contribution in [0.5, 0.6) is 5.75 Å². The van der Waals surface area contributed by atoms with Crippen LogP contribution in [0.25, 0.3) is 0 Å². The van der Waals surface area contributed by atoms with E-state index in [4.69, 9.17) is 19.3 Å². The number of rotatable bonds is 9. The summed E-state index contributed by atoms with van der Waals surface area (Å²) in [4.78, 5) is 0. The summed E-state index contributed by atoms with van der Waals surface area (Å²) in [5.41, 5.74) is 1.54. The number of hydrogen-bond acceptors (Lipinski definition) is 4. The molecule has 1 aliphatic heterocycles. The van der Waals surface area contributed by atoms with E-state index in [1.54, 1.807) is 0 Å². The van der Waals surface area contributed by atoms with Gasteiger partial charge in [0.2, 0.25) is 0 Å².